The highest BCUT2D eigenvalue weighted by Crippen LogP contribution is 2.35. The van der Waals surface area contributed by atoms with Crippen molar-refractivity contribution in [2.75, 3.05) is 23.9 Å². The van der Waals surface area contributed by atoms with Gasteiger partial charge < -0.3 is 14.8 Å². The van der Waals surface area contributed by atoms with Gasteiger partial charge in [-0.05, 0) is 61.9 Å². The van der Waals surface area contributed by atoms with Gasteiger partial charge in [0.05, 0.1) is 30.0 Å². The maximum Gasteiger partial charge on any atom is 0.282 e. The third-order valence-corrected chi connectivity index (χ3v) is 5.55. The fourth-order valence-electron chi connectivity index (χ4n) is 3.61. The molecule has 6 nitrogen and oxygen atoms in total. The van der Waals surface area contributed by atoms with Gasteiger partial charge in [-0.3, -0.25) is 9.59 Å². The normalized spacial score (nSPS) is 13.5. The average Bonchev–Trinajstić information content (AvgIpc) is 3.05. The topological polar surface area (TPSA) is 67.9 Å². The van der Waals surface area contributed by atoms with E-state index in [9.17, 15) is 9.59 Å². The Morgan fingerprint density at radius 1 is 0.939 bits per heavy atom. The van der Waals surface area contributed by atoms with Crippen LogP contribution in [0.4, 0.5) is 11.4 Å². The molecule has 4 rings (SSSR count). The summed E-state index contributed by atoms with van der Waals surface area (Å²) in [6.07, 6.45) is 0. The van der Waals surface area contributed by atoms with Gasteiger partial charge in [-0.2, -0.15) is 0 Å². The predicted octanol–water partition coefficient (Wildman–Crippen LogP) is 5.45. The second-order valence-electron chi connectivity index (χ2n) is 7.46. The van der Waals surface area contributed by atoms with Crippen molar-refractivity contribution in [3.05, 3.63) is 88.6 Å². The van der Waals surface area contributed by atoms with Gasteiger partial charge in [-0.25, -0.2) is 4.90 Å². The summed E-state index contributed by atoms with van der Waals surface area (Å²) in [5, 5.41) is 3.50. The second kappa shape index (κ2) is 9.38. The first kappa shape index (κ1) is 22.4. The SMILES string of the molecule is CCOc1ccc(C2=C(Nc3ccc(OC)c(Cl)c3)C(=O)N(c3ccc(C)cc3)C2=O)cc1. The largest absolute Gasteiger partial charge is 0.495 e. The minimum absolute atomic E-state index is 0.172. The highest BCUT2D eigenvalue weighted by Gasteiger charge is 2.40. The molecule has 0 unspecified atom stereocenters. The van der Waals surface area contributed by atoms with E-state index in [1.165, 1.54) is 12.0 Å². The Labute approximate surface area is 197 Å². The molecule has 33 heavy (non-hydrogen) atoms. The average molecular weight is 463 g/mol. The van der Waals surface area contributed by atoms with Crippen LogP contribution in [0, 0.1) is 6.92 Å². The molecule has 0 saturated heterocycles. The molecule has 1 aliphatic heterocycles. The van der Waals surface area contributed by atoms with E-state index in [-0.39, 0.29) is 11.3 Å². The Balaban J connectivity index is 1.78. The van der Waals surface area contributed by atoms with Gasteiger partial charge >= 0.3 is 0 Å². The number of rotatable bonds is 7. The van der Waals surface area contributed by atoms with Crippen molar-refractivity contribution in [1.82, 2.24) is 0 Å². The van der Waals surface area contributed by atoms with Crippen LogP contribution >= 0.6 is 11.6 Å². The number of methoxy groups -OCH3 is 1. The fraction of sp³-hybridized carbons (Fsp3) is 0.154. The molecule has 0 atom stereocenters. The molecule has 0 radical (unpaired) electrons. The van der Waals surface area contributed by atoms with Crippen LogP contribution in [0.15, 0.2) is 72.4 Å². The predicted molar refractivity (Wildman–Crippen MR) is 130 cm³/mol. The number of carbonyl (C=O) groups excluding carboxylic acids is 2. The Hall–Kier alpha value is -3.77. The first-order chi connectivity index (χ1) is 15.9. The van der Waals surface area contributed by atoms with Gasteiger partial charge in [-0.1, -0.05) is 41.4 Å². The van der Waals surface area contributed by atoms with E-state index in [2.05, 4.69) is 5.32 Å². The van der Waals surface area contributed by atoms with Crippen LogP contribution in [0.25, 0.3) is 5.57 Å². The van der Waals surface area contributed by atoms with E-state index in [0.717, 1.165) is 5.56 Å². The summed E-state index contributed by atoms with van der Waals surface area (Å²) in [4.78, 5) is 28.2. The maximum absolute atomic E-state index is 13.5. The van der Waals surface area contributed by atoms with E-state index in [1.54, 1.807) is 54.6 Å². The number of halogens is 1. The smallest absolute Gasteiger partial charge is 0.282 e. The summed E-state index contributed by atoms with van der Waals surface area (Å²) in [6.45, 7) is 4.38. The monoisotopic (exact) mass is 462 g/mol. The van der Waals surface area contributed by atoms with Crippen molar-refractivity contribution < 1.29 is 19.1 Å². The Bertz CT molecular complexity index is 1230. The van der Waals surface area contributed by atoms with Gasteiger partial charge in [0.2, 0.25) is 0 Å². The van der Waals surface area contributed by atoms with Crippen molar-refractivity contribution in [2.45, 2.75) is 13.8 Å². The molecule has 1 N–H and O–H groups in total. The van der Waals surface area contributed by atoms with Crippen LogP contribution < -0.4 is 19.7 Å². The van der Waals surface area contributed by atoms with Crippen molar-refractivity contribution in [2.24, 2.45) is 0 Å². The summed E-state index contributed by atoms with van der Waals surface area (Å²) in [5.41, 5.74) is 3.15. The Morgan fingerprint density at radius 2 is 1.64 bits per heavy atom. The van der Waals surface area contributed by atoms with Crippen LogP contribution in [0.3, 0.4) is 0 Å². The first-order valence-corrected chi connectivity index (χ1v) is 10.8. The number of ether oxygens (including phenoxy) is 2. The maximum atomic E-state index is 13.5. The minimum Gasteiger partial charge on any atom is -0.495 e. The molecule has 168 valence electrons. The quantitative estimate of drug-likeness (QED) is 0.473. The standard InChI is InChI=1S/C26H23ClN2O4/c1-4-33-20-12-7-17(8-13-20)23-24(28-18-9-14-22(32-3)21(27)15-18)26(31)29(25(23)30)19-10-5-16(2)6-11-19/h5-15,28H,4H2,1-3H3. The van der Waals surface area contributed by atoms with Gasteiger partial charge in [0.1, 0.15) is 17.2 Å². The van der Waals surface area contributed by atoms with Gasteiger partial charge in [0, 0.05) is 5.69 Å². The number of benzene rings is 3. The minimum atomic E-state index is -0.445. The third kappa shape index (κ3) is 4.43. The van der Waals surface area contributed by atoms with Gasteiger partial charge in [0.25, 0.3) is 11.8 Å². The number of hydrogen-bond acceptors (Lipinski definition) is 5. The van der Waals surface area contributed by atoms with E-state index in [0.29, 0.717) is 40.1 Å². The van der Waals surface area contributed by atoms with Crippen LogP contribution in [0.5, 0.6) is 11.5 Å². The Kier molecular flexibility index (Phi) is 6.38. The van der Waals surface area contributed by atoms with Crippen LogP contribution in [-0.4, -0.2) is 25.5 Å². The zero-order valence-electron chi connectivity index (χ0n) is 18.5. The molecule has 0 aromatic heterocycles. The molecule has 0 bridgehead atoms. The lowest BCUT2D eigenvalue weighted by atomic mass is 10.0. The van der Waals surface area contributed by atoms with Crippen LogP contribution in [0.1, 0.15) is 18.1 Å². The van der Waals surface area contributed by atoms with Crippen LogP contribution in [0.2, 0.25) is 5.02 Å². The fourth-order valence-corrected chi connectivity index (χ4v) is 3.87. The summed E-state index contributed by atoms with van der Waals surface area (Å²) >= 11 is 6.26. The highest BCUT2D eigenvalue weighted by atomic mass is 35.5. The van der Waals surface area contributed by atoms with E-state index < -0.39 is 11.8 Å². The third-order valence-electron chi connectivity index (χ3n) is 5.25. The van der Waals surface area contributed by atoms with Crippen molar-refractivity contribution in [1.29, 1.82) is 0 Å². The molecule has 3 aromatic rings. The zero-order chi connectivity index (χ0) is 23.5. The van der Waals surface area contributed by atoms with Crippen molar-refractivity contribution in [3.8, 4) is 11.5 Å². The Morgan fingerprint density at radius 3 is 2.24 bits per heavy atom. The molecule has 0 fully saturated rings. The number of nitrogens with one attached hydrogen (secondary N) is 1. The first-order valence-electron chi connectivity index (χ1n) is 10.5. The molecule has 1 heterocycles. The number of imide groups is 1. The van der Waals surface area contributed by atoms with Gasteiger partial charge in [0.15, 0.2) is 0 Å². The number of aryl methyl sites for hydroxylation is 1. The van der Waals surface area contributed by atoms with Crippen molar-refractivity contribution in [3.63, 3.8) is 0 Å². The zero-order valence-corrected chi connectivity index (χ0v) is 19.3. The summed E-state index contributed by atoms with van der Waals surface area (Å²) in [6, 6.07) is 19.4. The summed E-state index contributed by atoms with van der Waals surface area (Å²) < 4.78 is 10.7. The number of nitrogens with zero attached hydrogens (tertiary/aromatic N) is 1. The molecule has 3 aromatic carbocycles. The second-order valence-corrected chi connectivity index (χ2v) is 7.87. The van der Waals surface area contributed by atoms with E-state index in [1.807, 2.05) is 26.0 Å². The number of carbonyl (C=O) groups is 2. The number of amides is 2. The molecule has 0 aliphatic carbocycles. The molecule has 1 aliphatic rings. The molecular weight excluding hydrogens is 440 g/mol. The lowest BCUT2D eigenvalue weighted by Crippen LogP contribution is -2.32. The van der Waals surface area contributed by atoms with Crippen LogP contribution in [-0.2, 0) is 9.59 Å². The molecule has 0 saturated carbocycles. The molecule has 7 heteroatoms. The summed E-state index contributed by atoms with van der Waals surface area (Å²) in [5.74, 6) is 0.346. The van der Waals surface area contributed by atoms with Gasteiger partial charge in [-0.15, -0.1) is 0 Å². The van der Waals surface area contributed by atoms with E-state index >= 15 is 0 Å². The number of hydrogen-bond donors (Lipinski definition) is 1. The number of anilines is 2. The molecular formula is C26H23ClN2O4. The summed E-state index contributed by atoms with van der Waals surface area (Å²) in [7, 11) is 1.53. The molecule has 0 spiro atoms. The molecule has 2 amide bonds. The van der Waals surface area contributed by atoms with Crippen molar-refractivity contribution >= 4 is 40.4 Å². The lowest BCUT2D eigenvalue weighted by molar-refractivity contribution is -0.120. The van der Waals surface area contributed by atoms with E-state index in [4.69, 9.17) is 21.1 Å². The lowest BCUT2D eigenvalue weighted by Gasteiger charge is -2.16. The highest BCUT2D eigenvalue weighted by molar-refractivity contribution is 6.46.